The summed E-state index contributed by atoms with van der Waals surface area (Å²) < 4.78 is 10.2. The molecule has 0 aliphatic rings. The number of furan rings is 1. The summed E-state index contributed by atoms with van der Waals surface area (Å²) in [5, 5.41) is 13.2. The zero-order chi connectivity index (χ0) is 17.0. The van der Waals surface area contributed by atoms with E-state index in [4.69, 9.17) is 9.15 Å². The van der Waals surface area contributed by atoms with Crippen molar-refractivity contribution in [1.82, 2.24) is 0 Å². The zero-order valence-corrected chi connectivity index (χ0v) is 14.4. The van der Waals surface area contributed by atoms with E-state index in [0.717, 1.165) is 0 Å². The van der Waals surface area contributed by atoms with Crippen molar-refractivity contribution in [1.29, 1.82) is 0 Å². The third kappa shape index (κ3) is 4.39. The van der Waals surface area contributed by atoms with Gasteiger partial charge in [-0.1, -0.05) is 0 Å². The van der Waals surface area contributed by atoms with E-state index >= 15 is 0 Å². The smallest absolute Gasteiger partial charge is 0.341 e. The van der Waals surface area contributed by atoms with Gasteiger partial charge in [-0.05, 0) is 37.9 Å². The molecule has 1 aromatic heterocycles. The number of nitrogens with zero attached hydrogens (tertiary/aromatic N) is 1. The van der Waals surface area contributed by atoms with Crippen LogP contribution in [0, 0.1) is 10.1 Å². The van der Waals surface area contributed by atoms with Crippen molar-refractivity contribution in [3.05, 3.63) is 55.3 Å². The lowest BCUT2D eigenvalue weighted by molar-refractivity contribution is -0.385. The molecule has 0 unspecified atom stereocenters. The Morgan fingerprint density at radius 1 is 1.30 bits per heavy atom. The predicted octanol–water partition coefficient (Wildman–Crippen LogP) is 3.51. The SMILES string of the molecule is O=C(COC(=O)c1ccoc1)Nc1c(Br)cc([N+](=O)[O-])cc1Br. The van der Waals surface area contributed by atoms with Crippen molar-refractivity contribution in [2.75, 3.05) is 11.9 Å². The fourth-order valence-corrected chi connectivity index (χ4v) is 2.92. The molecule has 1 heterocycles. The summed E-state index contributed by atoms with van der Waals surface area (Å²) >= 11 is 6.27. The Labute approximate surface area is 146 Å². The molecule has 0 aliphatic heterocycles. The lowest BCUT2D eigenvalue weighted by Crippen LogP contribution is -2.21. The van der Waals surface area contributed by atoms with Crippen molar-refractivity contribution in [2.24, 2.45) is 0 Å². The summed E-state index contributed by atoms with van der Waals surface area (Å²) in [6.45, 7) is -0.514. The van der Waals surface area contributed by atoms with Crippen LogP contribution in [0.2, 0.25) is 0 Å². The van der Waals surface area contributed by atoms with Crippen molar-refractivity contribution in [2.45, 2.75) is 0 Å². The lowest BCUT2D eigenvalue weighted by atomic mass is 10.3. The van der Waals surface area contributed by atoms with Crippen LogP contribution in [0.5, 0.6) is 0 Å². The van der Waals surface area contributed by atoms with Gasteiger partial charge in [-0.3, -0.25) is 14.9 Å². The summed E-state index contributed by atoms with van der Waals surface area (Å²) in [5.74, 6) is -1.30. The van der Waals surface area contributed by atoms with Gasteiger partial charge >= 0.3 is 5.97 Å². The number of carbonyl (C=O) groups is 2. The number of non-ortho nitro benzene ring substituents is 1. The number of nitrogens with one attached hydrogen (secondary N) is 1. The topological polar surface area (TPSA) is 112 Å². The number of esters is 1. The molecule has 1 amide bonds. The minimum Gasteiger partial charge on any atom is -0.472 e. The third-order valence-corrected chi connectivity index (χ3v) is 3.84. The molecule has 0 aliphatic carbocycles. The summed E-state index contributed by atoms with van der Waals surface area (Å²) in [4.78, 5) is 33.6. The van der Waals surface area contributed by atoms with Crippen LogP contribution in [-0.2, 0) is 9.53 Å². The van der Waals surface area contributed by atoms with E-state index in [0.29, 0.717) is 14.6 Å². The van der Waals surface area contributed by atoms with Gasteiger partial charge in [0.05, 0.1) is 22.4 Å². The number of nitro groups is 1. The van der Waals surface area contributed by atoms with Crippen LogP contribution in [-0.4, -0.2) is 23.4 Å². The third-order valence-electron chi connectivity index (χ3n) is 2.59. The van der Waals surface area contributed by atoms with Gasteiger partial charge in [0.25, 0.3) is 11.6 Å². The molecule has 0 saturated heterocycles. The number of hydrogen-bond donors (Lipinski definition) is 1. The number of nitro benzene ring substituents is 1. The molecule has 120 valence electrons. The second kappa shape index (κ2) is 7.38. The quantitative estimate of drug-likeness (QED) is 0.426. The standard InChI is InChI=1S/C13H8Br2N2O6/c14-9-3-8(17(20)21)4-10(15)12(9)16-11(18)6-23-13(19)7-1-2-22-5-7/h1-5H,6H2,(H,16,18). The van der Waals surface area contributed by atoms with Crippen LogP contribution in [0.1, 0.15) is 10.4 Å². The van der Waals surface area contributed by atoms with Crippen LogP contribution < -0.4 is 5.32 Å². The fourth-order valence-electron chi connectivity index (χ4n) is 1.56. The van der Waals surface area contributed by atoms with Gasteiger partial charge in [0.15, 0.2) is 6.61 Å². The zero-order valence-electron chi connectivity index (χ0n) is 11.2. The van der Waals surface area contributed by atoms with Gasteiger partial charge in [-0.25, -0.2) is 4.79 Å². The Morgan fingerprint density at radius 3 is 2.48 bits per heavy atom. The first-order valence-electron chi connectivity index (χ1n) is 6.01. The van der Waals surface area contributed by atoms with Gasteiger partial charge in [-0.15, -0.1) is 0 Å². The summed E-state index contributed by atoms with van der Waals surface area (Å²) in [6, 6.07) is 3.90. The molecule has 0 saturated carbocycles. The minimum absolute atomic E-state index is 0.145. The first kappa shape index (κ1) is 17.2. The van der Waals surface area contributed by atoms with Crippen LogP contribution in [0.3, 0.4) is 0 Å². The highest BCUT2D eigenvalue weighted by molar-refractivity contribution is 9.11. The molecule has 1 aromatic carbocycles. The maximum Gasteiger partial charge on any atom is 0.341 e. The Hall–Kier alpha value is -2.20. The van der Waals surface area contributed by atoms with Crippen LogP contribution in [0.15, 0.2) is 44.1 Å². The molecule has 23 heavy (non-hydrogen) atoms. The lowest BCUT2D eigenvalue weighted by Gasteiger charge is -2.10. The number of ether oxygens (including phenoxy) is 1. The van der Waals surface area contributed by atoms with E-state index in [9.17, 15) is 19.7 Å². The largest absolute Gasteiger partial charge is 0.472 e. The predicted molar refractivity (Wildman–Crippen MR) is 86.1 cm³/mol. The van der Waals surface area contributed by atoms with E-state index in [-0.39, 0.29) is 11.3 Å². The van der Waals surface area contributed by atoms with Crippen molar-refractivity contribution >= 4 is 55.1 Å². The number of hydrogen-bond acceptors (Lipinski definition) is 6. The molecule has 10 heteroatoms. The van der Waals surface area contributed by atoms with Crippen molar-refractivity contribution in [3.8, 4) is 0 Å². The monoisotopic (exact) mass is 446 g/mol. The number of benzene rings is 1. The molecule has 8 nitrogen and oxygen atoms in total. The number of carbonyl (C=O) groups excluding carboxylic acids is 2. The Morgan fingerprint density at radius 2 is 1.96 bits per heavy atom. The maximum atomic E-state index is 11.8. The van der Waals surface area contributed by atoms with E-state index in [2.05, 4.69) is 37.2 Å². The van der Waals surface area contributed by atoms with E-state index in [1.54, 1.807) is 0 Å². The highest BCUT2D eigenvalue weighted by Crippen LogP contribution is 2.35. The first-order chi connectivity index (χ1) is 10.9. The number of amides is 1. The minimum atomic E-state index is -0.698. The van der Waals surface area contributed by atoms with Gasteiger partial charge in [-0.2, -0.15) is 0 Å². The van der Waals surface area contributed by atoms with Crippen LogP contribution >= 0.6 is 31.9 Å². The van der Waals surface area contributed by atoms with Gasteiger partial charge in [0.2, 0.25) is 0 Å². The molecular formula is C13H8Br2N2O6. The highest BCUT2D eigenvalue weighted by atomic mass is 79.9. The molecule has 2 rings (SSSR count). The number of rotatable bonds is 5. The second-order valence-corrected chi connectivity index (χ2v) is 5.89. The van der Waals surface area contributed by atoms with Gasteiger partial charge in [0, 0.05) is 21.1 Å². The van der Waals surface area contributed by atoms with Crippen molar-refractivity contribution in [3.63, 3.8) is 0 Å². The molecule has 0 bridgehead atoms. The second-order valence-electron chi connectivity index (χ2n) is 4.18. The molecular weight excluding hydrogens is 440 g/mol. The van der Waals surface area contributed by atoms with E-state index < -0.39 is 23.4 Å². The number of halogens is 2. The Kier molecular flexibility index (Phi) is 5.50. The highest BCUT2D eigenvalue weighted by Gasteiger charge is 2.17. The Bertz CT molecular complexity index is 737. The molecule has 0 atom stereocenters. The molecule has 1 N–H and O–H groups in total. The first-order valence-corrected chi connectivity index (χ1v) is 7.59. The summed E-state index contributed by atoms with van der Waals surface area (Å²) in [6.07, 6.45) is 2.51. The average Bonchev–Trinajstić information content (AvgIpc) is 3.02. The van der Waals surface area contributed by atoms with Gasteiger partial charge in [0.1, 0.15) is 6.26 Å². The molecule has 0 radical (unpaired) electrons. The van der Waals surface area contributed by atoms with Crippen LogP contribution in [0.4, 0.5) is 11.4 Å². The normalized spacial score (nSPS) is 10.2. The molecule has 0 spiro atoms. The average molecular weight is 448 g/mol. The summed E-state index contributed by atoms with van der Waals surface area (Å²) in [7, 11) is 0. The van der Waals surface area contributed by atoms with E-state index in [1.165, 1.54) is 30.7 Å². The van der Waals surface area contributed by atoms with E-state index in [1.807, 2.05) is 0 Å². The fraction of sp³-hybridized carbons (Fsp3) is 0.0769. The maximum absolute atomic E-state index is 11.8. The van der Waals surface area contributed by atoms with Crippen LogP contribution in [0.25, 0.3) is 0 Å². The summed E-state index contributed by atoms with van der Waals surface area (Å²) in [5.41, 5.74) is 0.337. The molecule has 2 aromatic rings. The van der Waals surface area contributed by atoms with Crippen molar-refractivity contribution < 1.29 is 23.7 Å². The van der Waals surface area contributed by atoms with Gasteiger partial charge < -0.3 is 14.5 Å². The molecule has 0 fully saturated rings. The Balaban J connectivity index is 2.00. The number of anilines is 1.